The standard InChI is InChI=1S/C18H22N6S.HI/c1-13-8-14(2)24(23-13)17-5-4-15(9-20-17)10-21-18(19-3)22-11-16-6-7-25-12-16;/h4-9,12H,10-11H2,1-3H3,(H2,19,21,22);1H. The second-order valence-corrected chi connectivity index (χ2v) is 6.55. The first-order chi connectivity index (χ1) is 12.2. The van der Waals surface area contributed by atoms with Gasteiger partial charge in [0, 0.05) is 32.0 Å². The summed E-state index contributed by atoms with van der Waals surface area (Å²) >= 11 is 1.70. The summed E-state index contributed by atoms with van der Waals surface area (Å²) in [5.41, 5.74) is 4.41. The van der Waals surface area contributed by atoms with Crippen LogP contribution in [-0.4, -0.2) is 27.8 Å². The number of halogens is 1. The highest BCUT2D eigenvalue weighted by atomic mass is 127. The Balaban J connectivity index is 0.00000243. The monoisotopic (exact) mass is 482 g/mol. The quantitative estimate of drug-likeness (QED) is 0.332. The number of hydrogen-bond donors (Lipinski definition) is 2. The maximum atomic E-state index is 4.52. The molecule has 8 heteroatoms. The molecule has 6 nitrogen and oxygen atoms in total. The third-order valence-electron chi connectivity index (χ3n) is 3.76. The first-order valence-corrected chi connectivity index (χ1v) is 9.04. The highest BCUT2D eigenvalue weighted by Crippen LogP contribution is 2.10. The maximum absolute atomic E-state index is 4.52. The molecule has 3 heterocycles. The van der Waals surface area contributed by atoms with Crippen molar-refractivity contribution in [2.45, 2.75) is 26.9 Å². The minimum atomic E-state index is 0. The number of thiophene rings is 1. The van der Waals surface area contributed by atoms with Gasteiger partial charge in [0.2, 0.25) is 0 Å². The van der Waals surface area contributed by atoms with Gasteiger partial charge in [-0.05, 0) is 53.9 Å². The van der Waals surface area contributed by atoms with Gasteiger partial charge in [0.1, 0.15) is 0 Å². The fourth-order valence-corrected chi connectivity index (χ4v) is 3.16. The molecule has 3 rings (SSSR count). The van der Waals surface area contributed by atoms with E-state index in [1.54, 1.807) is 18.4 Å². The number of nitrogens with zero attached hydrogens (tertiary/aromatic N) is 4. The smallest absolute Gasteiger partial charge is 0.191 e. The van der Waals surface area contributed by atoms with Crippen LogP contribution in [0.15, 0.2) is 46.2 Å². The summed E-state index contributed by atoms with van der Waals surface area (Å²) in [7, 11) is 1.77. The third kappa shape index (κ3) is 5.28. The highest BCUT2D eigenvalue weighted by molar-refractivity contribution is 14.0. The molecule has 3 aromatic rings. The molecule has 0 unspecified atom stereocenters. The van der Waals surface area contributed by atoms with Crippen LogP contribution in [0, 0.1) is 13.8 Å². The lowest BCUT2D eigenvalue weighted by Crippen LogP contribution is -2.36. The van der Waals surface area contributed by atoms with E-state index in [0.29, 0.717) is 6.54 Å². The summed E-state index contributed by atoms with van der Waals surface area (Å²) < 4.78 is 1.86. The van der Waals surface area contributed by atoms with Crippen LogP contribution in [0.2, 0.25) is 0 Å². The zero-order chi connectivity index (χ0) is 17.6. The Morgan fingerprint density at radius 2 is 1.92 bits per heavy atom. The fourth-order valence-electron chi connectivity index (χ4n) is 2.49. The van der Waals surface area contributed by atoms with Crippen LogP contribution in [0.1, 0.15) is 22.5 Å². The van der Waals surface area contributed by atoms with E-state index in [1.807, 2.05) is 36.9 Å². The van der Waals surface area contributed by atoms with Crippen molar-refractivity contribution in [1.29, 1.82) is 0 Å². The van der Waals surface area contributed by atoms with Crippen molar-refractivity contribution in [1.82, 2.24) is 25.4 Å². The summed E-state index contributed by atoms with van der Waals surface area (Å²) in [4.78, 5) is 8.76. The van der Waals surface area contributed by atoms with E-state index in [0.717, 1.165) is 35.3 Å². The van der Waals surface area contributed by atoms with Crippen molar-refractivity contribution >= 4 is 41.3 Å². The molecule has 0 spiro atoms. The lowest BCUT2D eigenvalue weighted by molar-refractivity contribution is 0.790. The Labute approximate surface area is 174 Å². The van der Waals surface area contributed by atoms with E-state index in [2.05, 4.69) is 48.6 Å². The van der Waals surface area contributed by atoms with Crippen LogP contribution in [0.3, 0.4) is 0 Å². The minimum absolute atomic E-state index is 0. The van der Waals surface area contributed by atoms with Crippen molar-refractivity contribution in [3.63, 3.8) is 0 Å². The molecule has 3 aromatic heterocycles. The first-order valence-electron chi connectivity index (χ1n) is 8.10. The largest absolute Gasteiger partial charge is 0.352 e. The topological polar surface area (TPSA) is 67.1 Å². The molecule has 0 radical (unpaired) electrons. The van der Waals surface area contributed by atoms with Gasteiger partial charge in [-0.3, -0.25) is 4.99 Å². The molecular weight excluding hydrogens is 459 g/mol. The number of aliphatic imine (C=N–C) groups is 1. The van der Waals surface area contributed by atoms with Crippen LogP contribution in [0.25, 0.3) is 5.82 Å². The predicted octanol–water partition coefficient (Wildman–Crippen LogP) is 3.43. The van der Waals surface area contributed by atoms with Gasteiger partial charge in [-0.1, -0.05) is 6.07 Å². The van der Waals surface area contributed by atoms with Crippen molar-refractivity contribution < 1.29 is 0 Å². The van der Waals surface area contributed by atoms with Gasteiger partial charge in [-0.2, -0.15) is 16.4 Å². The van der Waals surface area contributed by atoms with E-state index < -0.39 is 0 Å². The van der Waals surface area contributed by atoms with Crippen LogP contribution >= 0.6 is 35.3 Å². The SMILES string of the molecule is CN=C(NCc1ccc(-n2nc(C)cc2C)nc1)NCc1ccsc1.I. The molecule has 0 aliphatic carbocycles. The predicted molar refractivity (Wildman–Crippen MR) is 118 cm³/mol. The first kappa shape index (κ1) is 20.4. The second kappa shape index (κ2) is 9.67. The number of rotatable bonds is 5. The van der Waals surface area contributed by atoms with Gasteiger partial charge in [0.15, 0.2) is 11.8 Å². The molecule has 2 N–H and O–H groups in total. The lowest BCUT2D eigenvalue weighted by Gasteiger charge is -2.11. The maximum Gasteiger partial charge on any atom is 0.191 e. The number of hydrogen-bond acceptors (Lipinski definition) is 4. The Bertz CT molecular complexity index is 839. The van der Waals surface area contributed by atoms with E-state index in [-0.39, 0.29) is 24.0 Å². The number of pyridine rings is 1. The molecule has 0 aromatic carbocycles. The van der Waals surface area contributed by atoms with Gasteiger partial charge in [-0.15, -0.1) is 24.0 Å². The van der Waals surface area contributed by atoms with Crippen LogP contribution in [0.5, 0.6) is 0 Å². The zero-order valence-electron chi connectivity index (χ0n) is 15.1. The van der Waals surface area contributed by atoms with Crippen molar-refractivity contribution in [3.8, 4) is 5.82 Å². The summed E-state index contributed by atoms with van der Waals surface area (Å²) in [5, 5.41) is 15.3. The third-order valence-corrected chi connectivity index (χ3v) is 4.49. The van der Waals surface area contributed by atoms with E-state index in [4.69, 9.17) is 0 Å². The molecule has 0 aliphatic rings. The summed E-state index contributed by atoms with van der Waals surface area (Å²) in [6, 6.07) is 8.18. The molecule has 0 saturated heterocycles. The summed E-state index contributed by atoms with van der Waals surface area (Å²) in [6.45, 7) is 5.43. The Kier molecular flexibility index (Phi) is 7.58. The Morgan fingerprint density at radius 3 is 2.46 bits per heavy atom. The van der Waals surface area contributed by atoms with E-state index in [1.165, 1.54) is 5.56 Å². The Morgan fingerprint density at radius 1 is 1.15 bits per heavy atom. The van der Waals surface area contributed by atoms with Gasteiger partial charge >= 0.3 is 0 Å². The average molecular weight is 482 g/mol. The molecule has 138 valence electrons. The molecule has 0 amide bonds. The van der Waals surface area contributed by atoms with Gasteiger partial charge < -0.3 is 10.6 Å². The normalized spacial score (nSPS) is 11.1. The van der Waals surface area contributed by atoms with Gasteiger partial charge in [0.25, 0.3) is 0 Å². The minimum Gasteiger partial charge on any atom is -0.352 e. The van der Waals surface area contributed by atoms with Crippen molar-refractivity contribution in [2.24, 2.45) is 4.99 Å². The number of nitrogens with one attached hydrogen (secondary N) is 2. The zero-order valence-corrected chi connectivity index (χ0v) is 18.2. The molecule has 0 saturated carbocycles. The molecule has 26 heavy (non-hydrogen) atoms. The molecule has 0 aliphatic heterocycles. The highest BCUT2D eigenvalue weighted by Gasteiger charge is 2.05. The van der Waals surface area contributed by atoms with E-state index >= 15 is 0 Å². The fraction of sp³-hybridized carbons (Fsp3) is 0.278. The molecule has 0 fully saturated rings. The van der Waals surface area contributed by atoms with Crippen LogP contribution in [0.4, 0.5) is 0 Å². The van der Waals surface area contributed by atoms with Gasteiger partial charge in [-0.25, -0.2) is 9.67 Å². The van der Waals surface area contributed by atoms with Crippen molar-refractivity contribution in [2.75, 3.05) is 7.05 Å². The van der Waals surface area contributed by atoms with Gasteiger partial charge in [0.05, 0.1) is 5.69 Å². The molecular formula is C18H23IN6S. The number of aryl methyl sites for hydroxylation is 2. The summed E-state index contributed by atoms with van der Waals surface area (Å²) in [6.07, 6.45) is 1.87. The molecule has 0 atom stereocenters. The van der Waals surface area contributed by atoms with Crippen LogP contribution in [-0.2, 0) is 13.1 Å². The van der Waals surface area contributed by atoms with Crippen LogP contribution < -0.4 is 10.6 Å². The molecule has 0 bridgehead atoms. The number of aromatic nitrogens is 3. The number of guanidine groups is 1. The van der Waals surface area contributed by atoms with E-state index in [9.17, 15) is 0 Å². The summed E-state index contributed by atoms with van der Waals surface area (Å²) in [5.74, 6) is 1.60. The Hall–Kier alpha value is -1.94. The lowest BCUT2D eigenvalue weighted by atomic mass is 10.3. The average Bonchev–Trinajstić information content (AvgIpc) is 3.25. The van der Waals surface area contributed by atoms with Crippen molar-refractivity contribution in [3.05, 3.63) is 63.7 Å². The second-order valence-electron chi connectivity index (χ2n) is 5.77.